The molecule has 4 aromatic rings. The Hall–Kier alpha value is -4.58. The zero-order chi connectivity index (χ0) is 26.4. The maximum atomic E-state index is 14.9. The maximum absolute atomic E-state index is 14.9. The molecular weight excluding hydrogens is 488 g/mol. The summed E-state index contributed by atoms with van der Waals surface area (Å²) in [5, 5.41) is 5.74. The lowest BCUT2D eigenvalue weighted by Crippen LogP contribution is -2.16. The molecule has 2 N–H and O–H groups in total. The summed E-state index contributed by atoms with van der Waals surface area (Å²) in [4.78, 5) is 24.7. The molecule has 0 unspecified atom stereocenters. The Balaban J connectivity index is 1.61. The van der Waals surface area contributed by atoms with Gasteiger partial charge in [0.15, 0.2) is 23.1 Å². The molecular formula is C25H23F2N5O5. The lowest BCUT2D eigenvalue weighted by Gasteiger charge is -2.14. The Morgan fingerprint density at radius 2 is 1.76 bits per heavy atom. The molecule has 0 radical (unpaired) electrons. The quantitative estimate of drug-likeness (QED) is 0.305. The van der Waals surface area contributed by atoms with Gasteiger partial charge in [-0.05, 0) is 19.2 Å². The fourth-order valence-corrected chi connectivity index (χ4v) is 3.41. The number of aromatic nitrogens is 3. The molecule has 1 amide bonds. The number of likely N-dealkylation sites (N-methyl/N-ethyl adjacent to an activating group) is 1. The van der Waals surface area contributed by atoms with Crippen LogP contribution in [0.25, 0.3) is 10.9 Å². The van der Waals surface area contributed by atoms with Crippen molar-refractivity contribution >= 4 is 22.5 Å². The molecule has 0 saturated carbocycles. The molecule has 0 atom stereocenters. The maximum Gasteiger partial charge on any atom is 0.261 e. The zero-order valence-corrected chi connectivity index (χ0v) is 20.2. The van der Waals surface area contributed by atoms with Crippen LogP contribution in [0.15, 0.2) is 49.1 Å². The number of carbonyl (C=O) groups is 1. The molecule has 2 aromatic heterocycles. The Morgan fingerprint density at radius 1 is 1.00 bits per heavy atom. The number of carbonyl (C=O) groups excluding carboxylic acids is 1. The normalized spacial score (nSPS) is 10.7. The molecule has 0 bridgehead atoms. The molecule has 0 aliphatic heterocycles. The molecule has 12 heteroatoms. The van der Waals surface area contributed by atoms with E-state index < -0.39 is 23.3 Å². The fraction of sp³-hybridized carbons (Fsp3) is 0.200. The number of benzene rings is 2. The van der Waals surface area contributed by atoms with Gasteiger partial charge in [-0.2, -0.15) is 0 Å². The number of methoxy groups -OCH3 is 2. The minimum Gasteiger partial charge on any atom is -0.496 e. The predicted octanol–water partition coefficient (Wildman–Crippen LogP) is 3.96. The minimum absolute atomic E-state index is 0.0974. The van der Waals surface area contributed by atoms with Gasteiger partial charge in [-0.3, -0.25) is 9.78 Å². The number of hydrogen-bond donors (Lipinski definition) is 2. The van der Waals surface area contributed by atoms with E-state index in [0.717, 1.165) is 12.1 Å². The lowest BCUT2D eigenvalue weighted by molar-refractivity contribution is 0.102. The van der Waals surface area contributed by atoms with E-state index in [1.54, 1.807) is 19.2 Å². The first-order chi connectivity index (χ1) is 17.9. The highest BCUT2D eigenvalue weighted by Crippen LogP contribution is 2.37. The fourth-order valence-electron chi connectivity index (χ4n) is 3.41. The van der Waals surface area contributed by atoms with E-state index in [1.165, 1.54) is 39.0 Å². The van der Waals surface area contributed by atoms with Gasteiger partial charge in [-0.25, -0.2) is 18.7 Å². The molecule has 37 heavy (non-hydrogen) atoms. The molecule has 0 fully saturated rings. The van der Waals surface area contributed by atoms with Crippen molar-refractivity contribution < 1.29 is 32.5 Å². The second-order valence-corrected chi connectivity index (χ2v) is 7.55. The third kappa shape index (κ3) is 5.64. The number of amides is 1. The van der Waals surface area contributed by atoms with E-state index in [2.05, 4.69) is 25.6 Å². The molecule has 0 saturated heterocycles. The van der Waals surface area contributed by atoms with Crippen LogP contribution in [-0.4, -0.2) is 55.3 Å². The summed E-state index contributed by atoms with van der Waals surface area (Å²) in [5.41, 5.74) is 0.387. The summed E-state index contributed by atoms with van der Waals surface area (Å²) in [6, 6.07) is 6.53. The molecule has 0 aliphatic carbocycles. The van der Waals surface area contributed by atoms with Crippen LogP contribution in [0.2, 0.25) is 0 Å². The highest BCUT2D eigenvalue weighted by molar-refractivity contribution is 6.06. The van der Waals surface area contributed by atoms with Crippen molar-refractivity contribution in [2.24, 2.45) is 0 Å². The van der Waals surface area contributed by atoms with Crippen LogP contribution >= 0.6 is 0 Å². The SMILES string of the molecule is CNCCOc1cc2ncnc(Oc3c(F)cc(NC(=O)c4cnccc4OC)cc3F)c2cc1OC. The number of hydrogen-bond acceptors (Lipinski definition) is 9. The van der Waals surface area contributed by atoms with Crippen molar-refractivity contribution in [1.82, 2.24) is 20.3 Å². The molecule has 2 aromatic carbocycles. The van der Waals surface area contributed by atoms with Crippen molar-refractivity contribution in [3.63, 3.8) is 0 Å². The molecule has 192 valence electrons. The zero-order valence-electron chi connectivity index (χ0n) is 20.2. The van der Waals surface area contributed by atoms with Gasteiger partial charge in [0.1, 0.15) is 18.7 Å². The number of anilines is 1. The summed E-state index contributed by atoms with van der Waals surface area (Å²) in [6.45, 7) is 1.00. The monoisotopic (exact) mass is 511 g/mol. The standard InChI is InChI=1S/C25H23F2N5O5/c1-28-6-7-36-22-11-19-15(10-21(22)35-3)25(31-13-30-19)37-23-17(26)8-14(9-18(23)27)32-24(33)16-12-29-5-4-20(16)34-2/h4-5,8-13,28H,6-7H2,1-3H3,(H,32,33). The molecule has 0 aliphatic rings. The molecule has 0 spiro atoms. The highest BCUT2D eigenvalue weighted by atomic mass is 19.1. The van der Waals surface area contributed by atoms with Crippen molar-refractivity contribution in [2.75, 3.05) is 39.7 Å². The van der Waals surface area contributed by atoms with Crippen molar-refractivity contribution in [2.45, 2.75) is 0 Å². The third-order valence-corrected chi connectivity index (χ3v) is 5.19. The summed E-state index contributed by atoms with van der Waals surface area (Å²) >= 11 is 0. The number of ether oxygens (including phenoxy) is 4. The first-order valence-corrected chi connectivity index (χ1v) is 11.0. The van der Waals surface area contributed by atoms with Crippen LogP contribution in [0.5, 0.6) is 28.9 Å². The van der Waals surface area contributed by atoms with Gasteiger partial charge >= 0.3 is 0 Å². The van der Waals surface area contributed by atoms with E-state index in [9.17, 15) is 13.6 Å². The Morgan fingerprint density at radius 3 is 2.46 bits per heavy atom. The number of pyridine rings is 1. The van der Waals surface area contributed by atoms with Crippen molar-refractivity contribution in [3.05, 3.63) is 66.3 Å². The van der Waals surface area contributed by atoms with Gasteiger partial charge in [-0.1, -0.05) is 0 Å². The number of halogens is 2. The average molecular weight is 511 g/mol. The van der Waals surface area contributed by atoms with Gasteiger partial charge in [0.05, 0.1) is 30.7 Å². The highest BCUT2D eigenvalue weighted by Gasteiger charge is 2.20. The summed E-state index contributed by atoms with van der Waals surface area (Å²) < 4.78 is 51.6. The van der Waals surface area contributed by atoms with E-state index in [-0.39, 0.29) is 22.9 Å². The van der Waals surface area contributed by atoms with E-state index in [1.807, 2.05) is 0 Å². The first-order valence-electron chi connectivity index (χ1n) is 11.0. The van der Waals surface area contributed by atoms with E-state index in [4.69, 9.17) is 18.9 Å². The summed E-state index contributed by atoms with van der Waals surface area (Å²) in [5.74, 6) is -2.50. The molecule has 10 nitrogen and oxygen atoms in total. The number of nitrogens with one attached hydrogen (secondary N) is 2. The average Bonchev–Trinajstić information content (AvgIpc) is 2.90. The number of fused-ring (bicyclic) bond motifs is 1. The van der Waals surface area contributed by atoms with Gasteiger partial charge in [-0.15, -0.1) is 0 Å². The van der Waals surface area contributed by atoms with Gasteiger partial charge in [0.25, 0.3) is 5.91 Å². The second kappa shape index (κ2) is 11.4. The third-order valence-electron chi connectivity index (χ3n) is 5.19. The molecule has 4 rings (SSSR count). The summed E-state index contributed by atoms with van der Waals surface area (Å²) in [6.07, 6.45) is 3.93. The van der Waals surface area contributed by atoms with Crippen LogP contribution in [0, 0.1) is 11.6 Å². The first kappa shape index (κ1) is 25.5. The van der Waals surface area contributed by atoms with Crippen LogP contribution in [0.1, 0.15) is 10.4 Å². The largest absolute Gasteiger partial charge is 0.496 e. The van der Waals surface area contributed by atoms with Crippen LogP contribution < -0.4 is 29.6 Å². The van der Waals surface area contributed by atoms with Crippen molar-refractivity contribution in [1.29, 1.82) is 0 Å². The van der Waals surface area contributed by atoms with E-state index >= 15 is 0 Å². The van der Waals surface area contributed by atoms with Gasteiger partial charge < -0.3 is 29.6 Å². The summed E-state index contributed by atoms with van der Waals surface area (Å²) in [7, 11) is 4.65. The smallest absolute Gasteiger partial charge is 0.261 e. The number of rotatable bonds is 10. The van der Waals surface area contributed by atoms with Crippen LogP contribution in [-0.2, 0) is 0 Å². The van der Waals surface area contributed by atoms with Crippen molar-refractivity contribution in [3.8, 4) is 28.9 Å². The predicted molar refractivity (Wildman–Crippen MR) is 131 cm³/mol. The lowest BCUT2D eigenvalue weighted by atomic mass is 10.2. The molecule has 2 heterocycles. The topological polar surface area (TPSA) is 117 Å². The Labute approximate surface area is 210 Å². The van der Waals surface area contributed by atoms with Gasteiger partial charge in [0.2, 0.25) is 11.6 Å². The van der Waals surface area contributed by atoms with E-state index in [0.29, 0.717) is 35.6 Å². The Kier molecular flexibility index (Phi) is 7.89. The van der Waals surface area contributed by atoms with Gasteiger partial charge in [0, 0.05) is 42.8 Å². The minimum atomic E-state index is -1.06. The van der Waals surface area contributed by atoms with Crippen LogP contribution in [0.4, 0.5) is 14.5 Å². The second-order valence-electron chi connectivity index (χ2n) is 7.55. The Bertz CT molecular complexity index is 1410. The number of nitrogens with zero attached hydrogens (tertiary/aromatic N) is 3. The van der Waals surface area contributed by atoms with Crippen LogP contribution in [0.3, 0.4) is 0 Å².